The molecule has 3 rings (SSSR count). The van der Waals surface area contributed by atoms with Gasteiger partial charge in [0.15, 0.2) is 11.5 Å². The van der Waals surface area contributed by atoms with Gasteiger partial charge in [0.05, 0.1) is 14.2 Å². The van der Waals surface area contributed by atoms with E-state index < -0.39 is 5.82 Å². The predicted octanol–water partition coefficient (Wildman–Crippen LogP) is 3.84. The van der Waals surface area contributed by atoms with Crippen LogP contribution in [0.4, 0.5) is 14.9 Å². The number of halogens is 1. The standard InChI is InChI=1S/C24H30FN3O4/c1-31-21-10-3-7-18(23(21)32-2)11-12-22(29)28-13-5-6-17(16-28)15-26-24(30)27-20-9-4-8-19(25)14-20/h3-4,7-10,14,17H,5-6,11-13,15-16H2,1-2H3,(H2,26,27,30). The summed E-state index contributed by atoms with van der Waals surface area (Å²) in [7, 11) is 3.18. The summed E-state index contributed by atoms with van der Waals surface area (Å²) in [5, 5.41) is 5.45. The van der Waals surface area contributed by atoms with Gasteiger partial charge in [-0.15, -0.1) is 0 Å². The fourth-order valence-corrected chi connectivity index (χ4v) is 3.99. The zero-order chi connectivity index (χ0) is 22.9. The van der Waals surface area contributed by atoms with Crippen LogP contribution in [0.3, 0.4) is 0 Å². The first-order valence-corrected chi connectivity index (χ1v) is 10.8. The van der Waals surface area contributed by atoms with Crippen LogP contribution in [-0.4, -0.2) is 50.7 Å². The van der Waals surface area contributed by atoms with Crippen LogP contribution in [0.15, 0.2) is 42.5 Å². The third-order valence-corrected chi connectivity index (χ3v) is 5.60. The highest BCUT2D eigenvalue weighted by Crippen LogP contribution is 2.31. The normalized spacial score (nSPS) is 15.7. The molecule has 1 unspecified atom stereocenters. The Bertz CT molecular complexity index is 937. The van der Waals surface area contributed by atoms with Crippen LogP contribution in [0, 0.1) is 11.7 Å². The molecule has 0 aliphatic carbocycles. The quantitative estimate of drug-likeness (QED) is 0.650. The molecule has 8 heteroatoms. The molecule has 0 saturated carbocycles. The van der Waals surface area contributed by atoms with E-state index in [4.69, 9.17) is 9.47 Å². The van der Waals surface area contributed by atoms with Crippen molar-refractivity contribution in [3.8, 4) is 11.5 Å². The average molecular weight is 444 g/mol. The van der Waals surface area contributed by atoms with Gasteiger partial charge in [0.25, 0.3) is 0 Å². The smallest absolute Gasteiger partial charge is 0.319 e. The molecular formula is C24H30FN3O4. The number of aryl methyl sites for hydroxylation is 1. The minimum Gasteiger partial charge on any atom is -0.493 e. The second-order valence-corrected chi connectivity index (χ2v) is 7.85. The van der Waals surface area contributed by atoms with Crippen molar-refractivity contribution in [2.45, 2.75) is 25.7 Å². The second-order valence-electron chi connectivity index (χ2n) is 7.85. The van der Waals surface area contributed by atoms with Gasteiger partial charge in [-0.2, -0.15) is 0 Å². The number of amides is 3. The number of hydrogen-bond acceptors (Lipinski definition) is 4. The molecule has 0 bridgehead atoms. The lowest BCUT2D eigenvalue weighted by atomic mass is 9.97. The van der Waals surface area contributed by atoms with Crippen molar-refractivity contribution < 1.29 is 23.5 Å². The first kappa shape index (κ1) is 23.4. The van der Waals surface area contributed by atoms with Crippen molar-refractivity contribution in [3.05, 3.63) is 53.8 Å². The second kappa shape index (κ2) is 11.4. The minimum atomic E-state index is -0.407. The highest BCUT2D eigenvalue weighted by molar-refractivity contribution is 5.89. The van der Waals surface area contributed by atoms with Gasteiger partial charge in [0.2, 0.25) is 5.91 Å². The molecule has 1 heterocycles. The number of nitrogens with one attached hydrogen (secondary N) is 2. The van der Waals surface area contributed by atoms with Crippen molar-refractivity contribution in [3.63, 3.8) is 0 Å². The van der Waals surface area contributed by atoms with E-state index in [1.54, 1.807) is 20.3 Å². The molecular weight excluding hydrogens is 413 g/mol. The summed E-state index contributed by atoms with van der Waals surface area (Å²) >= 11 is 0. The summed E-state index contributed by atoms with van der Waals surface area (Å²) in [6.07, 6.45) is 2.78. The van der Waals surface area contributed by atoms with Gasteiger partial charge in [-0.25, -0.2) is 9.18 Å². The van der Waals surface area contributed by atoms with Gasteiger partial charge in [-0.05, 0) is 55.0 Å². The number of methoxy groups -OCH3 is 2. The maximum atomic E-state index is 13.2. The molecule has 1 aliphatic rings. The lowest BCUT2D eigenvalue weighted by molar-refractivity contribution is -0.132. The van der Waals surface area contributed by atoms with Crippen molar-refractivity contribution in [1.29, 1.82) is 0 Å². The monoisotopic (exact) mass is 443 g/mol. The first-order chi connectivity index (χ1) is 15.5. The van der Waals surface area contributed by atoms with Crippen molar-refractivity contribution in [2.24, 2.45) is 5.92 Å². The molecule has 3 amide bonds. The molecule has 2 aromatic rings. The van der Waals surface area contributed by atoms with Crippen LogP contribution in [0.2, 0.25) is 0 Å². The highest BCUT2D eigenvalue weighted by Gasteiger charge is 2.24. The lowest BCUT2D eigenvalue weighted by Gasteiger charge is -2.33. The summed E-state index contributed by atoms with van der Waals surface area (Å²) in [5.74, 6) is 1.17. The third kappa shape index (κ3) is 6.35. The summed E-state index contributed by atoms with van der Waals surface area (Å²) in [6, 6.07) is 11.0. The van der Waals surface area contributed by atoms with E-state index in [-0.39, 0.29) is 17.9 Å². The molecule has 1 saturated heterocycles. The van der Waals surface area contributed by atoms with E-state index in [1.165, 1.54) is 18.2 Å². The largest absolute Gasteiger partial charge is 0.493 e. The molecule has 1 fully saturated rings. The van der Waals surface area contributed by atoms with E-state index in [0.717, 1.165) is 24.9 Å². The molecule has 0 radical (unpaired) electrons. The number of anilines is 1. The highest BCUT2D eigenvalue weighted by atomic mass is 19.1. The van der Waals surface area contributed by atoms with Crippen molar-refractivity contribution >= 4 is 17.6 Å². The van der Waals surface area contributed by atoms with Crippen molar-refractivity contribution in [2.75, 3.05) is 39.2 Å². The Morgan fingerprint density at radius 1 is 1.16 bits per heavy atom. The molecule has 32 heavy (non-hydrogen) atoms. The molecule has 2 aromatic carbocycles. The number of piperidine rings is 1. The summed E-state index contributed by atoms with van der Waals surface area (Å²) in [5.41, 5.74) is 1.33. The van der Waals surface area contributed by atoms with Gasteiger partial charge in [-0.1, -0.05) is 18.2 Å². The average Bonchev–Trinajstić information content (AvgIpc) is 2.81. The number of carbonyl (C=O) groups is 2. The zero-order valence-electron chi connectivity index (χ0n) is 18.5. The first-order valence-electron chi connectivity index (χ1n) is 10.8. The Morgan fingerprint density at radius 3 is 2.72 bits per heavy atom. The van der Waals surface area contributed by atoms with E-state index >= 15 is 0 Å². The van der Waals surface area contributed by atoms with Gasteiger partial charge in [-0.3, -0.25) is 4.79 Å². The van der Waals surface area contributed by atoms with Gasteiger partial charge in [0, 0.05) is 31.7 Å². The number of urea groups is 1. The number of likely N-dealkylation sites (tertiary alicyclic amines) is 1. The molecule has 1 aliphatic heterocycles. The number of carbonyl (C=O) groups excluding carboxylic acids is 2. The van der Waals surface area contributed by atoms with E-state index in [2.05, 4.69) is 10.6 Å². The van der Waals surface area contributed by atoms with Crippen LogP contribution in [0.25, 0.3) is 0 Å². The molecule has 0 aromatic heterocycles. The number of para-hydroxylation sites is 1. The topological polar surface area (TPSA) is 79.9 Å². The maximum absolute atomic E-state index is 13.2. The van der Waals surface area contributed by atoms with E-state index in [1.807, 2.05) is 23.1 Å². The Hall–Kier alpha value is -3.29. The van der Waals surface area contributed by atoms with Crippen LogP contribution in [0.5, 0.6) is 11.5 Å². The number of hydrogen-bond donors (Lipinski definition) is 2. The number of ether oxygens (including phenoxy) is 2. The summed E-state index contributed by atoms with van der Waals surface area (Å²) in [4.78, 5) is 26.8. The van der Waals surface area contributed by atoms with Gasteiger partial charge >= 0.3 is 6.03 Å². The molecule has 172 valence electrons. The van der Waals surface area contributed by atoms with E-state index in [0.29, 0.717) is 43.1 Å². The molecule has 2 N–H and O–H groups in total. The predicted molar refractivity (Wildman–Crippen MR) is 121 cm³/mol. The number of benzene rings is 2. The van der Waals surface area contributed by atoms with Gasteiger partial charge in [0.1, 0.15) is 5.82 Å². The third-order valence-electron chi connectivity index (χ3n) is 5.60. The van der Waals surface area contributed by atoms with Crippen molar-refractivity contribution in [1.82, 2.24) is 10.2 Å². The number of rotatable bonds is 8. The summed E-state index contributed by atoms with van der Waals surface area (Å²) in [6.45, 7) is 1.78. The molecule has 7 nitrogen and oxygen atoms in total. The molecule has 1 atom stereocenters. The maximum Gasteiger partial charge on any atom is 0.319 e. The Morgan fingerprint density at radius 2 is 1.97 bits per heavy atom. The van der Waals surface area contributed by atoms with Crippen LogP contribution < -0.4 is 20.1 Å². The Kier molecular flexibility index (Phi) is 8.30. The molecule has 0 spiro atoms. The van der Waals surface area contributed by atoms with Gasteiger partial charge < -0.3 is 25.0 Å². The lowest BCUT2D eigenvalue weighted by Crippen LogP contribution is -2.44. The SMILES string of the molecule is COc1cccc(CCC(=O)N2CCCC(CNC(=O)Nc3cccc(F)c3)C2)c1OC. The Balaban J connectivity index is 1.47. The van der Waals surface area contributed by atoms with Crippen LogP contribution in [0.1, 0.15) is 24.8 Å². The van der Waals surface area contributed by atoms with Crippen LogP contribution >= 0.6 is 0 Å². The minimum absolute atomic E-state index is 0.0868. The summed E-state index contributed by atoms with van der Waals surface area (Å²) < 4.78 is 24.0. The fourth-order valence-electron chi connectivity index (χ4n) is 3.99. The fraction of sp³-hybridized carbons (Fsp3) is 0.417. The van der Waals surface area contributed by atoms with Crippen LogP contribution in [-0.2, 0) is 11.2 Å². The Labute approximate surface area is 187 Å². The van der Waals surface area contributed by atoms with E-state index in [9.17, 15) is 14.0 Å². The number of nitrogens with zero attached hydrogens (tertiary/aromatic N) is 1. The zero-order valence-corrected chi connectivity index (χ0v) is 18.5.